The summed E-state index contributed by atoms with van der Waals surface area (Å²) in [4.78, 5) is 24.7. The van der Waals surface area contributed by atoms with Crippen LogP contribution in [0.5, 0.6) is 0 Å². The third-order valence-corrected chi connectivity index (χ3v) is 17.5. The summed E-state index contributed by atoms with van der Waals surface area (Å²) in [6.45, 7) is 4.08. The predicted octanol–water partition coefficient (Wildman–Crippen LogP) is 27.0. The maximum atomic E-state index is 12.4. The fourth-order valence-electron chi connectivity index (χ4n) is 11.8. The van der Waals surface area contributed by atoms with Gasteiger partial charge in [-0.25, -0.2) is 0 Å². The van der Waals surface area contributed by atoms with Crippen molar-refractivity contribution in [2.24, 2.45) is 0 Å². The first-order chi connectivity index (χ1) is 42.6. The lowest BCUT2D eigenvalue weighted by molar-refractivity contribution is -0.161. The molecule has 0 bridgehead atoms. The second-order valence-corrected chi connectivity index (χ2v) is 26.1. The number of rotatable bonds is 72. The van der Waals surface area contributed by atoms with E-state index in [0.29, 0.717) is 12.8 Å². The maximum Gasteiger partial charge on any atom is 0.306 e. The Hall–Kier alpha value is -2.66. The average molecular weight is 1200 g/mol. The fourth-order valence-corrected chi connectivity index (χ4v) is 11.8. The van der Waals surface area contributed by atoms with Crippen LogP contribution in [0.1, 0.15) is 412 Å². The monoisotopic (exact) mass is 1200 g/mol. The molecule has 0 heterocycles. The molecule has 5 nitrogen and oxygen atoms in total. The molecule has 0 fully saturated rings. The van der Waals surface area contributed by atoms with Crippen molar-refractivity contribution >= 4 is 11.9 Å². The Labute approximate surface area is 537 Å². The molecule has 1 N–H and O–H groups in total. The molecule has 0 aromatic carbocycles. The zero-order valence-electron chi connectivity index (χ0n) is 57.8. The molecule has 0 aliphatic carbocycles. The second-order valence-electron chi connectivity index (χ2n) is 26.1. The lowest BCUT2D eigenvalue weighted by Crippen LogP contribution is -2.28. The van der Waals surface area contributed by atoms with Crippen LogP contribution in [0.4, 0.5) is 0 Å². The molecular weight excluding hydrogens is 1050 g/mol. The smallest absolute Gasteiger partial charge is 0.306 e. The third-order valence-electron chi connectivity index (χ3n) is 17.5. The van der Waals surface area contributed by atoms with E-state index in [1.807, 2.05) is 0 Å². The summed E-state index contributed by atoms with van der Waals surface area (Å²) in [6.07, 6.45) is 107. The number of hydrogen-bond acceptors (Lipinski definition) is 5. The number of aliphatic hydroxyl groups excluding tert-OH is 1. The first kappa shape index (κ1) is 83.3. The largest absolute Gasteiger partial charge is 0.462 e. The molecule has 0 aliphatic rings. The number of allylic oxidation sites excluding steroid dienone is 12. The fraction of sp³-hybridized carbons (Fsp3) is 0.827. The molecule has 0 aliphatic heterocycles. The molecule has 0 aromatic rings. The molecule has 86 heavy (non-hydrogen) atoms. The highest BCUT2D eigenvalue weighted by Gasteiger charge is 2.16. The van der Waals surface area contributed by atoms with Gasteiger partial charge < -0.3 is 14.6 Å². The number of aliphatic hydroxyl groups is 1. The van der Waals surface area contributed by atoms with Crippen molar-refractivity contribution in [1.82, 2.24) is 0 Å². The number of hydrogen-bond donors (Lipinski definition) is 1. The molecule has 0 aromatic heterocycles. The molecule has 0 saturated heterocycles. The van der Waals surface area contributed by atoms with E-state index >= 15 is 0 Å². The van der Waals surface area contributed by atoms with Gasteiger partial charge in [0.25, 0.3) is 0 Å². The van der Waals surface area contributed by atoms with Gasteiger partial charge in [0.15, 0.2) is 6.10 Å². The molecule has 1 unspecified atom stereocenters. The summed E-state index contributed by atoms with van der Waals surface area (Å²) in [5.74, 6) is -0.568. The molecule has 0 saturated carbocycles. The number of ether oxygens (including phenoxy) is 2. The third kappa shape index (κ3) is 73.8. The molecule has 0 rings (SSSR count). The van der Waals surface area contributed by atoms with Crippen LogP contribution in [-0.2, 0) is 19.1 Å². The first-order valence-corrected chi connectivity index (χ1v) is 38.5. The highest BCUT2D eigenvalue weighted by molar-refractivity contribution is 5.70. The van der Waals surface area contributed by atoms with Crippen LogP contribution in [0.15, 0.2) is 72.9 Å². The Kier molecular flexibility index (Phi) is 74.2. The Balaban J connectivity index is 3.38. The molecule has 0 spiro atoms. The van der Waals surface area contributed by atoms with E-state index in [4.69, 9.17) is 9.47 Å². The van der Waals surface area contributed by atoms with Gasteiger partial charge in [-0.2, -0.15) is 0 Å². The van der Waals surface area contributed by atoms with E-state index < -0.39 is 6.10 Å². The Morgan fingerprint density at radius 1 is 0.279 bits per heavy atom. The van der Waals surface area contributed by atoms with E-state index in [9.17, 15) is 14.7 Å². The maximum absolute atomic E-state index is 12.4. The summed E-state index contributed by atoms with van der Waals surface area (Å²) in [6, 6.07) is 0. The number of carbonyl (C=O) groups is 2. The lowest BCUT2D eigenvalue weighted by atomic mass is 10.0. The van der Waals surface area contributed by atoms with Gasteiger partial charge in [0.2, 0.25) is 0 Å². The Morgan fingerprint density at radius 3 is 0.767 bits per heavy atom. The average Bonchev–Trinajstić information content (AvgIpc) is 3.55. The van der Waals surface area contributed by atoms with Gasteiger partial charge >= 0.3 is 11.9 Å². The highest BCUT2D eigenvalue weighted by atomic mass is 16.6. The van der Waals surface area contributed by atoms with Gasteiger partial charge in [-0.15, -0.1) is 0 Å². The summed E-state index contributed by atoms with van der Waals surface area (Å²) >= 11 is 0. The quantitative estimate of drug-likeness (QED) is 0.0373. The zero-order chi connectivity index (χ0) is 61.9. The van der Waals surface area contributed by atoms with Gasteiger partial charge in [-0.3, -0.25) is 9.59 Å². The van der Waals surface area contributed by atoms with Crippen LogP contribution in [0.25, 0.3) is 0 Å². The number of unbranched alkanes of at least 4 members (excludes halogenated alkanes) is 52. The minimum atomic E-state index is -0.773. The Morgan fingerprint density at radius 2 is 0.500 bits per heavy atom. The molecule has 5 heteroatoms. The van der Waals surface area contributed by atoms with Crippen molar-refractivity contribution in [3.8, 4) is 0 Å². The topological polar surface area (TPSA) is 72.8 Å². The molecular formula is C81H148O5. The van der Waals surface area contributed by atoms with Gasteiger partial charge in [0.05, 0.1) is 6.61 Å². The SMILES string of the molecule is CC/C=C\C/C=C\C/C=C\C/C=C\C/C=C\CCCCCCCCCCCCCCCCCCCCCC(=O)OC(CO)COC(=O)CCCCCCCCCCCCCCCCCCCCCCCCCCC/C=C\CCCCCCCCCC. The van der Waals surface area contributed by atoms with Crippen LogP contribution in [0.3, 0.4) is 0 Å². The Bertz CT molecular complexity index is 1500. The first-order valence-electron chi connectivity index (χ1n) is 38.5. The summed E-state index contributed by atoms with van der Waals surface area (Å²) in [5.41, 5.74) is 0. The lowest BCUT2D eigenvalue weighted by Gasteiger charge is -2.15. The van der Waals surface area contributed by atoms with E-state index in [0.717, 1.165) is 64.2 Å². The van der Waals surface area contributed by atoms with E-state index in [1.54, 1.807) is 0 Å². The summed E-state index contributed by atoms with van der Waals surface area (Å²) in [5, 5.41) is 9.72. The summed E-state index contributed by atoms with van der Waals surface area (Å²) in [7, 11) is 0. The number of carbonyl (C=O) groups excluding carboxylic acids is 2. The van der Waals surface area contributed by atoms with Crippen LogP contribution in [-0.4, -0.2) is 36.4 Å². The minimum Gasteiger partial charge on any atom is -0.462 e. The molecule has 1 atom stereocenters. The van der Waals surface area contributed by atoms with Crippen LogP contribution in [0.2, 0.25) is 0 Å². The zero-order valence-corrected chi connectivity index (χ0v) is 57.8. The van der Waals surface area contributed by atoms with Gasteiger partial charge in [-0.1, -0.05) is 389 Å². The van der Waals surface area contributed by atoms with Crippen LogP contribution < -0.4 is 0 Å². The highest BCUT2D eigenvalue weighted by Crippen LogP contribution is 2.19. The van der Waals surface area contributed by atoms with E-state index in [2.05, 4.69) is 86.8 Å². The van der Waals surface area contributed by atoms with Crippen molar-refractivity contribution < 1.29 is 24.2 Å². The van der Waals surface area contributed by atoms with E-state index in [1.165, 1.54) is 321 Å². The summed E-state index contributed by atoms with van der Waals surface area (Å²) < 4.78 is 10.8. The number of esters is 2. The standard InChI is InChI=1S/C81H148O5/c1-3-5-7-9-11-13-15-17-19-21-23-25-27-29-31-33-35-37-39-40-42-43-45-47-49-51-53-55-57-59-61-63-65-67-69-71-73-75-80(83)85-78-79(77-82)86-81(84)76-74-72-70-68-66-64-62-60-58-56-54-52-50-48-46-44-41-38-36-34-32-30-28-26-24-22-20-18-16-14-12-10-8-6-4-2/h6,8,12,14,18,20-21,23-24,26,30,32,79,82H,3-5,7,9-11,13,15-17,19,22,25,27-29,31,33-78H2,1-2H3/b8-6-,14-12-,20-18-,23-21-,26-24-,32-30-. The van der Waals surface area contributed by atoms with Crippen molar-refractivity contribution in [2.45, 2.75) is 418 Å². The van der Waals surface area contributed by atoms with Crippen LogP contribution >= 0.6 is 0 Å². The van der Waals surface area contributed by atoms with Crippen molar-refractivity contribution in [2.75, 3.05) is 13.2 Å². The molecule has 0 amide bonds. The minimum absolute atomic E-state index is 0.0611. The van der Waals surface area contributed by atoms with Gasteiger partial charge in [-0.05, 0) is 83.5 Å². The molecule has 0 radical (unpaired) electrons. The van der Waals surface area contributed by atoms with Crippen molar-refractivity contribution in [3.05, 3.63) is 72.9 Å². The normalized spacial score (nSPS) is 12.5. The van der Waals surface area contributed by atoms with Gasteiger partial charge in [0, 0.05) is 12.8 Å². The molecule has 502 valence electrons. The van der Waals surface area contributed by atoms with Crippen molar-refractivity contribution in [3.63, 3.8) is 0 Å². The van der Waals surface area contributed by atoms with Crippen LogP contribution in [0, 0.1) is 0 Å². The predicted molar refractivity (Wildman–Crippen MR) is 380 cm³/mol. The van der Waals surface area contributed by atoms with Gasteiger partial charge in [0.1, 0.15) is 6.61 Å². The van der Waals surface area contributed by atoms with Crippen molar-refractivity contribution in [1.29, 1.82) is 0 Å². The second kappa shape index (κ2) is 76.6. The van der Waals surface area contributed by atoms with E-state index in [-0.39, 0.29) is 25.2 Å².